The molecule has 0 radical (unpaired) electrons. The lowest BCUT2D eigenvalue weighted by molar-refractivity contribution is -0.277. The van der Waals surface area contributed by atoms with Crippen LogP contribution < -0.4 is 5.32 Å². The van der Waals surface area contributed by atoms with Crippen LogP contribution in [0.1, 0.15) is 51.4 Å². The summed E-state index contributed by atoms with van der Waals surface area (Å²) >= 11 is 0. The molecule has 2 aliphatic carbocycles. The summed E-state index contributed by atoms with van der Waals surface area (Å²) in [5, 5.41) is 27.2. The Bertz CT molecular complexity index is 1180. The fourth-order valence-corrected chi connectivity index (χ4v) is 4.39. The van der Waals surface area contributed by atoms with Gasteiger partial charge in [-0.2, -0.15) is 23.4 Å². The summed E-state index contributed by atoms with van der Waals surface area (Å²) in [6, 6.07) is 1.22. The zero-order chi connectivity index (χ0) is 24.0. The highest BCUT2D eigenvalue weighted by molar-refractivity contribution is 5.94. The van der Waals surface area contributed by atoms with Crippen molar-refractivity contribution < 1.29 is 23.1 Å². The van der Waals surface area contributed by atoms with E-state index in [1.165, 1.54) is 36.8 Å². The molecule has 3 fully saturated rings. The molecule has 12 heteroatoms. The average Bonchev–Trinajstić information content (AvgIpc) is 3.13. The maximum Gasteiger partial charge on any atom is 0.417 e. The predicted molar refractivity (Wildman–Crippen MR) is 118 cm³/mol. The van der Waals surface area contributed by atoms with E-state index in [0.29, 0.717) is 29.9 Å². The molecule has 1 spiro atoms. The number of fused-ring (bicyclic) bond motifs is 1. The van der Waals surface area contributed by atoms with Crippen LogP contribution in [0.4, 0.5) is 23.7 Å². The molecule has 1 saturated heterocycles. The van der Waals surface area contributed by atoms with Crippen LogP contribution in [0, 0.1) is 0 Å². The molecule has 4 heterocycles. The number of alkyl halides is 3. The van der Waals surface area contributed by atoms with Gasteiger partial charge < -0.3 is 15.3 Å². The second-order valence-corrected chi connectivity index (χ2v) is 9.36. The summed E-state index contributed by atoms with van der Waals surface area (Å²) in [7, 11) is 0. The number of urea groups is 1. The number of aromatic amines is 2. The van der Waals surface area contributed by atoms with Gasteiger partial charge in [0.1, 0.15) is 5.69 Å². The molecule has 2 amide bonds. The zero-order valence-electron chi connectivity index (χ0n) is 18.5. The number of halogens is 3. The number of nitrogens with one attached hydrogen (secondary N) is 3. The van der Waals surface area contributed by atoms with Crippen molar-refractivity contribution in [3.63, 3.8) is 0 Å². The summed E-state index contributed by atoms with van der Waals surface area (Å²) in [6.07, 6.45) is 5.75. The number of hydrogen-bond acceptors (Lipinski definition) is 5. The highest BCUT2D eigenvalue weighted by Crippen LogP contribution is 2.55. The van der Waals surface area contributed by atoms with E-state index in [0.717, 1.165) is 10.9 Å². The van der Waals surface area contributed by atoms with Gasteiger partial charge in [0.2, 0.25) is 0 Å². The van der Waals surface area contributed by atoms with Crippen LogP contribution in [-0.2, 0) is 0 Å². The van der Waals surface area contributed by atoms with Gasteiger partial charge in [-0.25, -0.2) is 4.79 Å². The third-order valence-corrected chi connectivity index (χ3v) is 7.00. The number of pyridine rings is 1. The van der Waals surface area contributed by atoms with Gasteiger partial charge in [0, 0.05) is 36.5 Å². The van der Waals surface area contributed by atoms with Crippen molar-refractivity contribution in [1.82, 2.24) is 30.3 Å². The zero-order valence-corrected chi connectivity index (χ0v) is 18.5. The van der Waals surface area contributed by atoms with Gasteiger partial charge in [0.25, 0.3) is 0 Å². The Morgan fingerprint density at radius 1 is 1.06 bits per heavy atom. The van der Waals surface area contributed by atoms with Gasteiger partial charge in [-0.05, 0) is 18.9 Å². The molecule has 9 nitrogen and oxygen atoms in total. The first-order valence-electron chi connectivity index (χ1n) is 11.4. The van der Waals surface area contributed by atoms with Crippen molar-refractivity contribution in [1.29, 1.82) is 0 Å². The summed E-state index contributed by atoms with van der Waals surface area (Å²) < 4.78 is 39.8. The molecule has 34 heavy (non-hydrogen) atoms. The first-order valence-corrected chi connectivity index (χ1v) is 11.4. The molecule has 182 valence electrons. The Hall–Kier alpha value is -3.15. The van der Waals surface area contributed by atoms with Gasteiger partial charge in [0.15, 0.2) is 5.60 Å². The van der Waals surface area contributed by atoms with E-state index < -0.39 is 36.2 Å². The Morgan fingerprint density at radius 2 is 1.76 bits per heavy atom. The molecule has 1 aliphatic heterocycles. The topological polar surface area (TPSA) is 123 Å². The molecule has 4 N–H and O–H groups in total. The fourth-order valence-electron chi connectivity index (χ4n) is 4.39. The molecular formula is C22H26F3N7O2. The largest absolute Gasteiger partial charge is 0.417 e. The predicted octanol–water partition coefficient (Wildman–Crippen LogP) is 4.36. The van der Waals surface area contributed by atoms with Crippen LogP contribution in [0.5, 0.6) is 0 Å². The van der Waals surface area contributed by atoms with Gasteiger partial charge >= 0.3 is 12.2 Å². The quantitative estimate of drug-likeness (QED) is 0.437. The van der Waals surface area contributed by atoms with Crippen LogP contribution in [0.25, 0.3) is 22.3 Å². The van der Waals surface area contributed by atoms with Gasteiger partial charge in [-0.3, -0.25) is 15.2 Å². The van der Waals surface area contributed by atoms with Gasteiger partial charge in [-0.1, -0.05) is 25.7 Å². The lowest BCUT2D eigenvalue weighted by Crippen LogP contribution is -2.60. The molecular weight excluding hydrogens is 451 g/mol. The monoisotopic (exact) mass is 477 g/mol. The average molecular weight is 477 g/mol. The number of hydrogen-bond donors (Lipinski definition) is 4. The summed E-state index contributed by atoms with van der Waals surface area (Å²) in [6.45, 7) is -0.187. The summed E-state index contributed by atoms with van der Waals surface area (Å²) in [5.41, 5.74) is -1.63. The Morgan fingerprint density at radius 3 is 2.41 bits per heavy atom. The number of carbonyl (C=O) groups is 1. The van der Waals surface area contributed by atoms with Crippen LogP contribution in [-0.4, -0.2) is 65.3 Å². The summed E-state index contributed by atoms with van der Waals surface area (Å²) in [5.74, 6) is 0. The number of anilines is 1. The Kier molecular flexibility index (Phi) is 5.50. The third kappa shape index (κ3) is 4.10. The standard InChI is InChI=1S/C18H18F3N7O2.C4H8/c19-18(20,21)17(30)3-4-28(16(9-17)1-2-16)15(29)25-13-8-24-27-14(13)12-5-11-10(6-22-12)7-23-26-11;1-2-4-3-1/h5-8,30H,1-4,9H2,(H,23,26)(H,24,27)(H,25,29);1-4H2. The van der Waals surface area contributed by atoms with E-state index in [-0.39, 0.29) is 6.54 Å². The molecule has 3 aromatic heterocycles. The minimum absolute atomic E-state index is 0.187. The number of likely N-dealkylation sites (tertiary alicyclic amines) is 1. The van der Waals surface area contributed by atoms with Crippen molar-refractivity contribution in [2.24, 2.45) is 0 Å². The number of carbonyl (C=O) groups excluding carboxylic acids is 1. The molecule has 3 aromatic rings. The Labute approximate surface area is 193 Å². The van der Waals surface area contributed by atoms with E-state index in [4.69, 9.17) is 0 Å². The maximum absolute atomic E-state index is 13.3. The van der Waals surface area contributed by atoms with Crippen LogP contribution in [0.3, 0.4) is 0 Å². The van der Waals surface area contributed by atoms with Crippen molar-refractivity contribution in [3.05, 3.63) is 24.7 Å². The number of H-pyrrole nitrogens is 2. The van der Waals surface area contributed by atoms with Crippen molar-refractivity contribution in [2.45, 2.75) is 68.7 Å². The second kappa shape index (κ2) is 8.26. The van der Waals surface area contributed by atoms with E-state index in [2.05, 4.69) is 30.7 Å². The number of nitrogens with zero attached hydrogens (tertiary/aromatic N) is 4. The first-order chi connectivity index (χ1) is 16.2. The highest BCUT2D eigenvalue weighted by Gasteiger charge is 2.65. The molecule has 0 aromatic carbocycles. The van der Waals surface area contributed by atoms with Crippen molar-refractivity contribution >= 4 is 22.6 Å². The lowest BCUT2D eigenvalue weighted by Gasteiger charge is -2.45. The van der Waals surface area contributed by atoms with Crippen LogP contribution in [0.15, 0.2) is 24.7 Å². The highest BCUT2D eigenvalue weighted by atomic mass is 19.4. The van der Waals surface area contributed by atoms with E-state index in [1.54, 1.807) is 18.5 Å². The van der Waals surface area contributed by atoms with E-state index >= 15 is 0 Å². The number of rotatable bonds is 2. The number of amides is 2. The second-order valence-electron chi connectivity index (χ2n) is 9.36. The number of aliphatic hydroxyl groups is 1. The van der Waals surface area contributed by atoms with Crippen LogP contribution >= 0.6 is 0 Å². The molecule has 1 atom stereocenters. The number of aromatic nitrogens is 5. The van der Waals surface area contributed by atoms with Crippen molar-refractivity contribution in [2.75, 3.05) is 11.9 Å². The van der Waals surface area contributed by atoms with Crippen molar-refractivity contribution in [3.8, 4) is 11.4 Å². The third-order valence-electron chi connectivity index (χ3n) is 7.00. The smallest absolute Gasteiger partial charge is 0.380 e. The molecule has 2 saturated carbocycles. The molecule has 1 unspecified atom stereocenters. The summed E-state index contributed by atoms with van der Waals surface area (Å²) in [4.78, 5) is 18.6. The van der Waals surface area contributed by atoms with Crippen LogP contribution in [0.2, 0.25) is 0 Å². The van der Waals surface area contributed by atoms with Gasteiger partial charge in [-0.15, -0.1) is 0 Å². The Balaban J connectivity index is 0.000000547. The minimum Gasteiger partial charge on any atom is -0.380 e. The first kappa shape index (κ1) is 22.6. The van der Waals surface area contributed by atoms with Gasteiger partial charge in [0.05, 0.1) is 29.3 Å². The maximum atomic E-state index is 13.3. The molecule has 0 bridgehead atoms. The SMILES string of the molecule is C1CCC1.O=C(Nc1cn[nH]c1-c1cc2[nH]ncc2cn1)N1CCC(O)(C(F)(F)F)CC12CC2. The molecule has 6 rings (SSSR count). The fraction of sp³-hybridized carbons (Fsp3) is 0.545. The lowest BCUT2D eigenvalue weighted by atomic mass is 9.84. The van der Waals surface area contributed by atoms with E-state index in [1.807, 2.05) is 0 Å². The number of piperidine rings is 1. The van der Waals surface area contributed by atoms with E-state index in [9.17, 15) is 23.1 Å². The molecule has 3 aliphatic rings. The minimum atomic E-state index is -4.72. The normalized spacial score (nSPS) is 23.2.